The van der Waals surface area contributed by atoms with E-state index in [0.29, 0.717) is 24.9 Å². The third-order valence-corrected chi connectivity index (χ3v) is 2.90. The Kier molecular flexibility index (Phi) is 4.07. The maximum Gasteiger partial charge on any atom is 0.305 e. The molecule has 0 aliphatic rings. The average Bonchev–Trinajstić information content (AvgIpc) is 2.46. The largest absolute Gasteiger partial charge is 0.469 e. The number of carbonyl (C=O) groups is 2. The van der Waals surface area contributed by atoms with Gasteiger partial charge in [0, 0.05) is 18.0 Å². The molecule has 0 unspecified atom stereocenters. The van der Waals surface area contributed by atoms with Gasteiger partial charge in [0.2, 0.25) is 6.41 Å². The number of methoxy groups -OCH3 is 1. The van der Waals surface area contributed by atoms with Crippen molar-refractivity contribution in [2.24, 2.45) is 0 Å². The molecular weight excluding hydrogens is 244 g/mol. The zero-order valence-corrected chi connectivity index (χ0v) is 10.6. The predicted molar refractivity (Wildman–Crippen MR) is 71.8 cm³/mol. The lowest BCUT2D eigenvalue weighted by Crippen LogP contribution is -2.03. The van der Waals surface area contributed by atoms with Crippen molar-refractivity contribution in [1.82, 2.24) is 4.98 Å². The molecule has 0 saturated carbocycles. The molecule has 0 fully saturated rings. The zero-order chi connectivity index (χ0) is 13.7. The second-order valence-electron chi connectivity index (χ2n) is 4.01. The number of pyridine rings is 1. The second-order valence-corrected chi connectivity index (χ2v) is 4.01. The SMILES string of the molecule is COC(=O)CCc1ccc(NC=O)c2ncccc12. The minimum atomic E-state index is -0.243. The smallest absolute Gasteiger partial charge is 0.305 e. The van der Waals surface area contributed by atoms with Crippen molar-refractivity contribution in [3.63, 3.8) is 0 Å². The van der Waals surface area contributed by atoms with Gasteiger partial charge in [0.25, 0.3) is 0 Å². The molecule has 1 amide bonds. The van der Waals surface area contributed by atoms with E-state index < -0.39 is 0 Å². The van der Waals surface area contributed by atoms with Crippen LogP contribution in [0.15, 0.2) is 30.5 Å². The summed E-state index contributed by atoms with van der Waals surface area (Å²) < 4.78 is 4.63. The van der Waals surface area contributed by atoms with E-state index in [0.717, 1.165) is 16.5 Å². The Labute approximate surface area is 110 Å². The van der Waals surface area contributed by atoms with Gasteiger partial charge in [-0.3, -0.25) is 14.6 Å². The molecule has 98 valence electrons. The fourth-order valence-electron chi connectivity index (χ4n) is 1.97. The molecule has 0 bridgehead atoms. The number of hydrogen-bond donors (Lipinski definition) is 1. The molecule has 1 heterocycles. The number of amides is 1. The van der Waals surface area contributed by atoms with Crippen LogP contribution in [0.4, 0.5) is 5.69 Å². The van der Waals surface area contributed by atoms with E-state index in [1.54, 1.807) is 12.3 Å². The molecule has 0 saturated heterocycles. The topological polar surface area (TPSA) is 68.3 Å². The molecule has 0 spiro atoms. The summed E-state index contributed by atoms with van der Waals surface area (Å²) in [6.45, 7) is 0. The molecule has 5 heteroatoms. The van der Waals surface area contributed by atoms with E-state index >= 15 is 0 Å². The van der Waals surface area contributed by atoms with E-state index in [9.17, 15) is 9.59 Å². The van der Waals surface area contributed by atoms with Gasteiger partial charge in [-0.2, -0.15) is 0 Å². The van der Waals surface area contributed by atoms with Gasteiger partial charge in [0.05, 0.1) is 18.3 Å². The minimum Gasteiger partial charge on any atom is -0.469 e. The van der Waals surface area contributed by atoms with Gasteiger partial charge in [-0.15, -0.1) is 0 Å². The molecule has 0 atom stereocenters. The van der Waals surface area contributed by atoms with Gasteiger partial charge in [-0.1, -0.05) is 12.1 Å². The van der Waals surface area contributed by atoms with E-state index in [4.69, 9.17) is 0 Å². The summed E-state index contributed by atoms with van der Waals surface area (Å²) in [6, 6.07) is 7.43. The number of aromatic nitrogens is 1. The summed E-state index contributed by atoms with van der Waals surface area (Å²) in [5.74, 6) is -0.243. The zero-order valence-electron chi connectivity index (χ0n) is 10.6. The lowest BCUT2D eigenvalue weighted by molar-refractivity contribution is -0.140. The van der Waals surface area contributed by atoms with Gasteiger partial charge in [0.15, 0.2) is 0 Å². The number of fused-ring (bicyclic) bond motifs is 1. The fraction of sp³-hybridized carbons (Fsp3) is 0.214. The van der Waals surface area contributed by atoms with Crippen LogP contribution in [0.5, 0.6) is 0 Å². The van der Waals surface area contributed by atoms with Crippen LogP contribution in [0, 0.1) is 0 Å². The second kappa shape index (κ2) is 5.95. The maximum atomic E-state index is 11.2. The lowest BCUT2D eigenvalue weighted by Gasteiger charge is -2.09. The van der Waals surface area contributed by atoms with Crippen molar-refractivity contribution in [1.29, 1.82) is 0 Å². The van der Waals surface area contributed by atoms with Crippen molar-refractivity contribution in [3.05, 3.63) is 36.0 Å². The molecule has 2 aromatic rings. The average molecular weight is 258 g/mol. The molecule has 19 heavy (non-hydrogen) atoms. The number of ether oxygens (including phenoxy) is 1. The Balaban J connectivity index is 2.37. The van der Waals surface area contributed by atoms with E-state index in [1.807, 2.05) is 18.2 Å². The molecule has 5 nitrogen and oxygen atoms in total. The molecule has 1 aromatic heterocycles. The number of carbonyl (C=O) groups excluding carboxylic acids is 2. The first-order valence-corrected chi connectivity index (χ1v) is 5.90. The lowest BCUT2D eigenvalue weighted by atomic mass is 10.0. The highest BCUT2D eigenvalue weighted by molar-refractivity contribution is 5.96. The Hall–Kier alpha value is -2.43. The Morgan fingerprint density at radius 2 is 2.26 bits per heavy atom. The van der Waals surface area contributed by atoms with Crippen LogP contribution in [0.2, 0.25) is 0 Å². The highest BCUT2D eigenvalue weighted by Gasteiger charge is 2.08. The summed E-state index contributed by atoms with van der Waals surface area (Å²) in [4.78, 5) is 26.0. The van der Waals surface area contributed by atoms with Gasteiger partial charge >= 0.3 is 5.97 Å². The van der Waals surface area contributed by atoms with Crippen molar-refractivity contribution >= 4 is 29.0 Å². The first-order valence-electron chi connectivity index (χ1n) is 5.90. The third kappa shape index (κ3) is 2.88. The molecule has 1 N–H and O–H groups in total. The van der Waals surface area contributed by atoms with Crippen LogP contribution >= 0.6 is 0 Å². The van der Waals surface area contributed by atoms with Gasteiger partial charge in [0.1, 0.15) is 0 Å². The van der Waals surface area contributed by atoms with Crippen LogP contribution in [-0.2, 0) is 20.7 Å². The molecule has 0 aliphatic heterocycles. The first kappa shape index (κ1) is 13.0. The summed E-state index contributed by atoms with van der Waals surface area (Å²) in [5, 5.41) is 3.55. The van der Waals surface area contributed by atoms with Crippen LogP contribution < -0.4 is 5.32 Å². The number of rotatable bonds is 5. The van der Waals surface area contributed by atoms with E-state index in [2.05, 4.69) is 15.0 Å². The number of benzene rings is 1. The van der Waals surface area contributed by atoms with Crippen molar-refractivity contribution in [2.45, 2.75) is 12.8 Å². The summed E-state index contributed by atoms with van der Waals surface area (Å²) in [7, 11) is 1.37. The summed E-state index contributed by atoms with van der Waals surface area (Å²) >= 11 is 0. The summed E-state index contributed by atoms with van der Waals surface area (Å²) in [6.07, 6.45) is 3.19. The predicted octanol–water partition coefficient (Wildman–Crippen LogP) is 1.91. The quantitative estimate of drug-likeness (QED) is 0.657. The fourth-order valence-corrected chi connectivity index (χ4v) is 1.97. The third-order valence-electron chi connectivity index (χ3n) is 2.90. The molecule has 2 rings (SSSR count). The monoisotopic (exact) mass is 258 g/mol. The number of esters is 1. The normalized spacial score (nSPS) is 10.2. The molecule has 0 aliphatic carbocycles. The van der Waals surface area contributed by atoms with Gasteiger partial charge < -0.3 is 10.1 Å². The molecule has 0 radical (unpaired) electrons. The number of hydrogen-bond acceptors (Lipinski definition) is 4. The molecule has 1 aromatic carbocycles. The van der Waals surface area contributed by atoms with Crippen molar-refractivity contribution in [2.75, 3.05) is 12.4 Å². The summed E-state index contributed by atoms with van der Waals surface area (Å²) in [5.41, 5.74) is 2.38. The highest BCUT2D eigenvalue weighted by Crippen LogP contribution is 2.25. The van der Waals surface area contributed by atoms with Crippen LogP contribution in [0.1, 0.15) is 12.0 Å². The number of nitrogens with zero attached hydrogens (tertiary/aromatic N) is 1. The van der Waals surface area contributed by atoms with Gasteiger partial charge in [-0.05, 0) is 24.1 Å². The Morgan fingerprint density at radius 1 is 1.42 bits per heavy atom. The number of aryl methyl sites for hydroxylation is 1. The van der Waals surface area contributed by atoms with Crippen LogP contribution in [-0.4, -0.2) is 24.5 Å². The van der Waals surface area contributed by atoms with Crippen molar-refractivity contribution in [3.8, 4) is 0 Å². The first-order chi connectivity index (χ1) is 9.26. The van der Waals surface area contributed by atoms with E-state index in [-0.39, 0.29) is 5.97 Å². The Bertz CT molecular complexity index is 611. The van der Waals surface area contributed by atoms with Gasteiger partial charge in [-0.25, -0.2) is 0 Å². The number of anilines is 1. The van der Waals surface area contributed by atoms with E-state index in [1.165, 1.54) is 7.11 Å². The van der Waals surface area contributed by atoms with Crippen molar-refractivity contribution < 1.29 is 14.3 Å². The maximum absolute atomic E-state index is 11.2. The highest BCUT2D eigenvalue weighted by atomic mass is 16.5. The van der Waals surface area contributed by atoms with Crippen LogP contribution in [0.25, 0.3) is 10.9 Å². The van der Waals surface area contributed by atoms with Crippen LogP contribution in [0.3, 0.4) is 0 Å². The Morgan fingerprint density at radius 3 is 3.00 bits per heavy atom. The minimum absolute atomic E-state index is 0.243. The standard InChI is InChI=1S/C14H14N2O3/c1-19-13(18)7-5-10-4-6-12(16-9-17)14-11(10)3-2-8-15-14/h2-4,6,8-9H,5,7H2,1H3,(H,16,17). The molecular formula is C14H14N2O3. The number of nitrogens with one attached hydrogen (secondary N) is 1.